The van der Waals surface area contributed by atoms with E-state index in [1.807, 2.05) is 13.8 Å². The smallest absolute Gasteiger partial charge is 0.250 e. The molecule has 1 aromatic rings. The average molecular weight is 167 g/mol. The predicted octanol–water partition coefficient (Wildman–Crippen LogP) is 0.00620. The number of H-pyrrole nitrogens is 1. The van der Waals surface area contributed by atoms with Crippen LogP contribution in [0.25, 0.3) is 0 Å². The Labute approximate surface area is 70.8 Å². The van der Waals surface area contributed by atoms with E-state index in [4.69, 9.17) is 5.73 Å². The molecule has 0 aliphatic heterocycles. The van der Waals surface area contributed by atoms with Gasteiger partial charge >= 0.3 is 0 Å². The van der Waals surface area contributed by atoms with Crippen molar-refractivity contribution in [3.05, 3.63) is 28.4 Å². The number of nitrogens with two attached hydrogens (primary N) is 1. The van der Waals surface area contributed by atoms with E-state index in [9.17, 15) is 4.79 Å². The second-order valence-corrected chi connectivity index (χ2v) is 3.38. The summed E-state index contributed by atoms with van der Waals surface area (Å²) in [5.41, 5.74) is 5.90. The highest BCUT2D eigenvalue weighted by Gasteiger charge is 2.19. The average Bonchev–Trinajstić information content (AvgIpc) is 2.05. The van der Waals surface area contributed by atoms with Gasteiger partial charge in [0.05, 0.1) is 12.0 Å². The van der Waals surface area contributed by atoms with Crippen LogP contribution in [0.4, 0.5) is 0 Å². The van der Waals surface area contributed by atoms with Crippen LogP contribution in [-0.2, 0) is 5.41 Å². The van der Waals surface area contributed by atoms with Crippen LogP contribution in [0.15, 0.2) is 17.2 Å². The summed E-state index contributed by atoms with van der Waals surface area (Å²) in [5, 5.41) is 0. The molecule has 4 nitrogen and oxygen atoms in total. The topological polar surface area (TPSA) is 71.8 Å². The lowest BCUT2D eigenvalue weighted by atomic mass is 9.89. The maximum atomic E-state index is 10.9. The molecule has 0 saturated heterocycles. The first-order chi connectivity index (χ1) is 5.56. The van der Waals surface area contributed by atoms with E-state index >= 15 is 0 Å². The number of rotatable bonds is 2. The molecule has 0 bridgehead atoms. The highest BCUT2D eigenvalue weighted by Crippen LogP contribution is 2.16. The number of hydrogen-bond acceptors (Lipinski definition) is 3. The monoisotopic (exact) mass is 167 g/mol. The van der Waals surface area contributed by atoms with Crippen molar-refractivity contribution in [1.29, 1.82) is 0 Å². The van der Waals surface area contributed by atoms with Crippen molar-refractivity contribution in [2.24, 2.45) is 5.73 Å². The molecule has 4 heteroatoms. The lowest BCUT2D eigenvalue weighted by molar-refractivity contribution is 0.519. The van der Waals surface area contributed by atoms with Crippen molar-refractivity contribution in [3.63, 3.8) is 0 Å². The Morgan fingerprint density at radius 1 is 1.67 bits per heavy atom. The molecule has 3 N–H and O–H groups in total. The van der Waals surface area contributed by atoms with Crippen LogP contribution >= 0.6 is 0 Å². The fourth-order valence-corrected chi connectivity index (χ4v) is 0.843. The molecule has 0 aromatic carbocycles. The van der Waals surface area contributed by atoms with Gasteiger partial charge in [0, 0.05) is 18.0 Å². The van der Waals surface area contributed by atoms with Crippen LogP contribution in [0.3, 0.4) is 0 Å². The molecular weight excluding hydrogens is 154 g/mol. The van der Waals surface area contributed by atoms with Gasteiger partial charge in [-0.25, -0.2) is 4.98 Å². The first-order valence-corrected chi connectivity index (χ1v) is 3.81. The van der Waals surface area contributed by atoms with Crippen molar-refractivity contribution in [2.75, 3.05) is 6.54 Å². The Hall–Kier alpha value is -1.16. The van der Waals surface area contributed by atoms with Gasteiger partial charge in [-0.2, -0.15) is 0 Å². The van der Waals surface area contributed by atoms with Crippen LogP contribution in [-0.4, -0.2) is 16.5 Å². The fraction of sp³-hybridized carbons (Fsp3) is 0.500. The molecule has 1 aromatic heterocycles. The second kappa shape index (κ2) is 3.06. The van der Waals surface area contributed by atoms with Gasteiger partial charge in [-0.15, -0.1) is 0 Å². The maximum absolute atomic E-state index is 10.9. The van der Waals surface area contributed by atoms with Crippen molar-refractivity contribution < 1.29 is 0 Å². The summed E-state index contributed by atoms with van der Waals surface area (Å²) < 4.78 is 0. The summed E-state index contributed by atoms with van der Waals surface area (Å²) in [5.74, 6) is 0. The largest absolute Gasteiger partial charge is 0.330 e. The van der Waals surface area contributed by atoms with Gasteiger partial charge in [0.15, 0.2) is 0 Å². The normalized spacial score (nSPS) is 11.6. The van der Waals surface area contributed by atoms with Gasteiger partial charge in [0.25, 0.3) is 5.56 Å². The zero-order valence-electron chi connectivity index (χ0n) is 7.29. The SMILES string of the molecule is CC(C)(CN)c1cc(=O)[nH]cn1. The molecule has 0 fully saturated rings. The fourth-order valence-electron chi connectivity index (χ4n) is 0.843. The summed E-state index contributed by atoms with van der Waals surface area (Å²) in [6.45, 7) is 4.38. The lowest BCUT2D eigenvalue weighted by Crippen LogP contribution is -2.30. The van der Waals surface area contributed by atoms with Gasteiger partial charge in [-0.05, 0) is 0 Å². The van der Waals surface area contributed by atoms with Crippen LogP contribution in [0.2, 0.25) is 0 Å². The van der Waals surface area contributed by atoms with Crippen LogP contribution in [0, 0.1) is 0 Å². The van der Waals surface area contributed by atoms with E-state index in [0.717, 1.165) is 5.69 Å². The molecular formula is C8H13N3O. The number of aromatic amines is 1. The third kappa shape index (κ3) is 1.71. The molecule has 12 heavy (non-hydrogen) atoms. The molecule has 0 saturated carbocycles. The van der Waals surface area contributed by atoms with Crippen molar-refractivity contribution in [3.8, 4) is 0 Å². The molecule has 0 aliphatic rings. The molecule has 1 heterocycles. The zero-order valence-corrected chi connectivity index (χ0v) is 7.29. The van der Waals surface area contributed by atoms with E-state index in [1.165, 1.54) is 12.4 Å². The predicted molar refractivity (Wildman–Crippen MR) is 46.9 cm³/mol. The van der Waals surface area contributed by atoms with Gasteiger partial charge in [0.2, 0.25) is 0 Å². The minimum absolute atomic E-state index is 0.137. The lowest BCUT2D eigenvalue weighted by Gasteiger charge is -2.20. The first-order valence-electron chi connectivity index (χ1n) is 3.81. The molecule has 0 unspecified atom stereocenters. The highest BCUT2D eigenvalue weighted by atomic mass is 16.1. The van der Waals surface area contributed by atoms with Gasteiger partial charge < -0.3 is 10.7 Å². The van der Waals surface area contributed by atoms with Gasteiger partial charge in [0.1, 0.15) is 0 Å². The Morgan fingerprint density at radius 3 is 2.83 bits per heavy atom. The van der Waals surface area contributed by atoms with Crippen molar-refractivity contribution in [1.82, 2.24) is 9.97 Å². The van der Waals surface area contributed by atoms with Crippen molar-refractivity contribution in [2.45, 2.75) is 19.3 Å². The molecule has 0 amide bonds. The van der Waals surface area contributed by atoms with Crippen LogP contribution in [0.1, 0.15) is 19.5 Å². The minimum Gasteiger partial charge on any atom is -0.330 e. The standard InChI is InChI=1S/C8H13N3O/c1-8(2,4-9)6-3-7(12)11-5-10-6/h3,5H,4,9H2,1-2H3,(H,10,11,12). The minimum atomic E-state index is -0.228. The van der Waals surface area contributed by atoms with E-state index < -0.39 is 0 Å². The summed E-state index contributed by atoms with van der Waals surface area (Å²) in [6.07, 6.45) is 1.40. The number of nitrogens with zero attached hydrogens (tertiary/aromatic N) is 1. The van der Waals surface area contributed by atoms with E-state index in [1.54, 1.807) is 0 Å². The third-order valence-corrected chi connectivity index (χ3v) is 1.88. The highest BCUT2D eigenvalue weighted by molar-refractivity contribution is 5.12. The molecule has 0 spiro atoms. The van der Waals surface area contributed by atoms with Gasteiger partial charge in [-0.3, -0.25) is 4.79 Å². The Kier molecular flexibility index (Phi) is 2.28. The quantitative estimate of drug-likeness (QED) is 0.651. The third-order valence-electron chi connectivity index (χ3n) is 1.88. The Balaban J connectivity index is 3.11. The number of hydrogen-bond donors (Lipinski definition) is 2. The van der Waals surface area contributed by atoms with E-state index in [-0.39, 0.29) is 11.0 Å². The Morgan fingerprint density at radius 2 is 2.33 bits per heavy atom. The van der Waals surface area contributed by atoms with Gasteiger partial charge in [-0.1, -0.05) is 13.8 Å². The number of nitrogens with one attached hydrogen (secondary N) is 1. The summed E-state index contributed by atoms with van der Waals surface area (Å²) in [7, 11) is 0. The summed E-state index contributed by atoms with van der Waals surface area (Å²) in [6, 6.07) is 1.48. The summed E-state index contributed by atoms with van der Waals surface area (Å²) >= 11 is 0. The van der Waals surface area contributed by atoms with Crippen LogP contribution < -0.4 is 11.3 Å². The maximum Gasteiger partial charge on any atom is 0.250 e. The van der Waals surface area contributed by atoms with Crippen LogP contribution in [0.5, 0.6) is 0 Å². The first kappa shape index (κ1) is 8.93. The molecule has 1 rings (SSSR count). The Bertz CT molecular complexity index is 316. The summed E-state index contributed by atoms with van der Waals surface area (Å²) in [4.78, 5) is 17.4. The second-order valence-electron chi connectivity index (χ2n) is 3.38. The zero-order chi connectivity index (χ0) is 9.19. The van der Waals surface area contributed by atoms with Crippen molar-refractivity contribution >= 4 is 0 Å². The van der Waals surface area contributed by atoms with E-state index in [0.29, 0.717) is 6.54 Å². The van der Waals surface area contributed by atoms with E-state index in [2.05, 4.69) is 9.97 Å². The molecule has 0 atom stereocenters. The molecule has 66 valence electrons. The molecule has 0 radical (unpaired) electrons. The number of aromatic nitrogens is 2. The molecule has 0 aliphatic carbocycles.